The zero-order valence-corrected chi connectivity index (χ0v) is 12.1. The van der Waals surface area contributed by atoms with Crippen molar-refractivity contribution in [1.82, 2.24) is 9.78 Å². The van der Waals surface area contributed by atoms with Gasteiger partial charge in [0, 0.05) is 0 Å². The Balaban J connectivity index is 2.14. The molecule has 0 atom stereocenters. The van der Waals surface area contributed by atoms with Crippen LogP contribution in [0.1, 0.15) is 37.1 Å². The summed E-state index contributed by atoms with van der Waals surface area (Å²) < 4.78 is 1.45. The van der Waals surface area contributed by atoms with Gasteiger partial charge in [-0.3, -0.25) is 19.6 Å². The average Bonchev–Trinajstić information content (AvgIpc) is 2.64. The second-order valence-electron chi connectivity index (χ2n) is 5.77. The van der Waals surface area contributed by atoms with Crippen molar-refractivity contribution in [2.75, 3.05) is 0 Å². The Labute approximate surface area is 121 Å². The average molecular weight is 297 g/mol. The number of aliphatic carboxylic acids is 1. The number of rotatable bonds is 4. The summed E-state index contributed by atoms with van der Waals surface area (Å²) in [6, 6.07) is 0. The minimum atomic E-state index is -1.05. The van der Waals surface area contributed by atoms with E-state index in [1.54, 1.807) is 13.8 Å². The number of carbonyl (C=O) groups is 1. The van der Waals surface area contributed by atoms with Crippen molar-refractivity contribution in [3.05, 3.63) is 21.5 Å². The molecular formula is C13H19N3O5. The van der Waals surface area contributed by atoms with Gasteiger partial charge in [0.25, 0.3) is 0 Å². The standard InChI is InChI=1S/C13H19N3O5/c1-8-11(16(20)21)9(2)15(14-8)7-13(19)5-3-10(4-6-13)12(17)18/h10,19H,3-7H2,1-2H3,(H,17,18). The van der Waals surface area contributed by atoms with Gasteiger partial charge in [-0.05, 0) is 39.5 Å². The first-order valence-corrected chi connectivity index (χ1v) is 6.87. The van der Waals surface area contributed by atoms with Crippen LogP contribution in [0.4, 0.5) is 5.69 Å². The molecule has 1 fully saturated rings. The normalized spacial score (nSPS) is 25.8. The van der Waals surface area contributed by atoms with Crippen LogP contribution in [0, 0.1) is 29.9 Å². The molecule has 8 nitrogen and oxygen atoms in total. The summed E-state index contributed by atoms with van der Waals surface area (Å²) in [5, 5.41) is 34.6. The summed E-state index contributed by atoms with van der Waals surface area (Å²) >= 11 is 0. The molecule has 0 aromatic carbocycles. The molecule has 1 aromatic heterocycles. The van der Waals surface area contributed by atoms with Crippen LogP contribution in [0.5, 0.6) is 0 Å². The molecule has 0 aliphatic heterocycles. The van der Waals surface area contributed by atoms with Crippen LogP contribution in [-0.4, -0.2) is 36.5 Å². The van der Waals surface area contributed by atoms with Crippen molar-refractivity contribution in [1.29, 1.82) is 0 Å². The largest absolute Gasteiger partial charge is 0.481 e. The van der Waals surface area contributed by atoms with Gasteiger partial charge in [-0.2, -0.15) is 5.10 Å². The van der Waals surface area contributed by atoms with Crippen molar-refractivity contribution < 1.29 is 19.9 Å². The van der Waals surface area contributed by atoms with Gasteiger partial charge in [0.1, 0.15) is 11.4 Å². The first-order valence-electron chi connectivity index (χ1n) is 6.87. The maximum absolute atomic E-state index is 11.0. The fourth-order valence-electron chi connectivity index (χ4n) is 2.94. The van der Waals surface area contributed by atoms with E-state index in [9.17, 15) is 20.0 Å². The summed E-state index contributed by atoms with van der Waals surface area (Å²) in [4.78, 5) is 21.4. The molecular weight excluding hydrogens is 278 g/mol. The van der Waals surface area contributed by atoms with Gasteiger partial charge in [0.15, 0.2) is 0 Å². The van der Waals surface area contributed by atoms with Crippen LogP contribution in [0.15, 0.2) is 0 Å². The smallest absolute Gasteiger partial charge is 0.312 e. The zero-order chi connectivity index (χ0) is 15.8. The molecule has 1 aromatic rings. The molecule has 0 saturated heterocycles. The van der Waals surface area contributed by atoms with Crippen LogP contribution in [-0.2, 0) is 11.3 Å². The number of nitro groups is 1. The quantitative estimate of drug-likeness (QED) is 0.640. The number of aryl methyl sites for hydroxylation is 1. The van der Waals surface area contributed by atoms with E-state index in [4.69, 9.17) is 5.11 Å². The summed E-state index contributed by atoms with van der Waals surface area (Å²) in [5.74, 6) is -1.25. The van der Waals surface area contributed by atoms with Crippen LogP contribution < -0.4 is 0 Å². The number of aromatic nitrogens is 2. The van der Waals surface area contributed by atoms with E-state index in [2.05, 4.69) is 5.10 Å². The van der Waals surface area contributed by atoms with Gasteiger partial charge in [-0.15, -0.1) is 0 Å². The predicted octanol–water partition coefficient (Wildman–Crippen LogP) is 1.41. The van der Waals surface area contributed by atoms with Crippen molar-refractivity contribution in [3.63, 3.8) is 0 Å². The number of nitrogens with zero attached hydrogens (tertiary/aromatic N) is 3. The van der Waals surface area contributed by atoms with E-state index in [0.717, 1.165) is 0 Å². The lowest BCUT2D eigenvalue weighted by Gasteiger charge is -2.34. The Bertz CT molecular complexity index is 573. The van der Waals surface area contributed by atoms with Gasteiger partial charge in [-0.1, -0.05) is 0 Å². The third-order valence-electron chi connectivity index (χ3n) is 4.24. The third-order valence-corrected chi connectivity index (χ3v) is 4.24. The number of carboxylic acids is 1. The number of hydrogen-bond donors (Lipinski definition) is 2. The number of aliphatic hydroxyl groups is 1. The molecule has 0 unspecified atom stereocenters. The van der Waals surface area contributed by atoms with Gasteiger partial charge in [-0.25, -0.2) is 0 Å². The van der Waals surface area contributed by atoms with Gasteiger partial charge < -0.3 is 10.2 Å². The topological polar surface area (TPSA) is 118 Å². The Morgan fingerprint density at radius 3 is 2.48 bits per heavy atom. The van der Waals surface area contributed by atoms with Crippen LogP contribution in [0.25, 0.3) is 0 Å². The predicted molar refractivity (Wildman–Crippen MR) is 72.9 cm³/mol. The maximum atomic E-state index is 11.0. The van der Waals surface area contributed by atoms with Crippen LogP contribution >= 0.6 is 0 Å². The molecule has 8 heteroatoms. The molecule has 0 amide bonds. The van der Waals surface area contributed by atoms with E-state index in [0.29, 0.717) is 37.1 Å². The molecule has 1 aliphatic carbocycles. The van der Waals surface area contributed by atoms with Gasteiger partial charge in [0.05, 0.1) is 23.0 Å². The lowest BCUT2D eigenvalue weighted by Crippen LogP contribution is -2.40. The van der Waals surface area contributed by atoms with Gasteiger partial charge in [0.2, 0.25) is 0 Å². The Kier molecular flexibility index (Phi) is 3.99. The Morgan fingerprint density at radius 2 is 2.05 bits per heavy atom. The summed E-state index contributed by atoms with van der Waals surface area (Å²) in [7, 11) is 0. The van der Waals surface area contributed by atoms with Crippen molar-refractivity contribution >= 4 is 11.7 Å². The van der Waals surface area contributed by atoms with E-state index in [1.807, 2.05) is 0 Å². The SMILES string of the molecule is Cc1nn(CC2(O)CCC(C(=O)O)CC2)c(C)c1[N+](=O)[O-]. The second-order valence-corrected chi connectivity index (χ2v) is 5.77. The molecule has 0 radical (unpaired) electrons. The zero-order valence-electron chi connectivity index (χ0n) is 12.1. The Morgan fingerprint density at radius 1 is 1.48 bits per heavy atom. The fourth-order valence-corrected chi connectivity index (χ4v) is 2.94. The lowest BCUT2D eigenvalue weighted by molar-refractivity contribution is -0.386. The van der Waals surface area contributed by atoms with Crippen LogP contribution in [0.3, 0.4) is 0 Å². The van der Waals surface area contributed by atoms with E-state index < -0.39 is 22.4 Å². The fraction of sp³-hybridized carbons (Fsp3) is 0.692. The maximum Gasteiger partial charge on any atom is 0.312 e. The van der Waals surface area contributed by atoms with Gasteiger partial charge >= 0.3 is 11.7 Å². The highest BCUT2D eigenvalue weighted by molar-refractivity contribution is 5.70. The van der Waals surface area contributed by atoms with Crippen molar-refractivity contribution in [3.8, 4) is 0 Å². The lowest BCUT2D eigenvalue weighted by atomic mass is 9.79. The second kappa shape index (κ2) is 5.44. The first-order chi connectivity index (χ1) is 9.73. The molecule has 1 saturated carbocycles. The summed E-state index contributed by atoms with van der Waals surface area (Å²) in [6.07, 6.45) is 1.53. The molecule has 0 spiro atoms. The van der Waals surface area contributed by atoms with Crippen LogP contribution in [0.2, 0.25) is 0 Å². The summed E-state index contributed by atoms with van der Waals surface area (Å²) in [5.41, 5.74) is -0.354. The van der Waals surface area contributed by atoms with E-state index in [1.165, 1.54) is 4.68 Å². The van der Waals surface area contributed by atoms with Crippen molar-refractivity contribution in [2.24, 2.45) is 5.92 Å². The molecule has 1 heterocycles. The molecule has 21 heavy (non-hydrogen) atoms. The van der Waals surface area contributed by atoms with E-state index in [-0.39, 0.29) is 12.2 Å². The highest BCUT2D eigenvalue weighted by Crippen LogP contribution is 2.34. The first kappa shape index (κ1) is 15.4. The molecule has 0 bridgehead atoms. The number of hydrogen-bond acceptors (Lipinski definition) is 5. The summed E-state index contributed by atoms with van der Waals surface area (Å²) in [6.45, 7) is 3.32. The monoisotopic (exact) mass is 297 g/mol. The Hall–Kier alpha value is -1.96. The molecule has 1 aliphatic rings. The highest BCUT2D eigenvalue weighted by Gasteiger charge is 2.37. The van der Waals surface area contributed by atoms with Crippen molar-refractivity contribution in [2.45, 2.75) is 51.7 Å². The third kappa shape index (κ3) is 3.05. The highest BCUT2D eigenvalue weighted by atomic mass is 16.6. The molecule has 116 valence electrons. The molecule has 2 rings (SSSR count). The number of carboxylic acid groups (broad SMARTS) is 1. The molecule has 2 N–H and O–H groups in total. The minimum absolute atomic E-state index is 0.0298. The minimum Gasteiger partial charge on any atom is -0.481 e. The van der Waals surface area contributed by atoms with E-state index >= 15 is 0 Å².